The highest BCUT2D eigenvalue weighted by Crippen LogP contribution is 2.30. The van der Waals surface area contributed by atoms with Crippen molar-refractivity contribution < 1.29 is 31.1 Å². The molecular weight excluding hydrogens is 530 g/mol. The highest BCUT2D eigenvalue weighted by atomic mass is 32.2. The van der Waals surface area contributed by atoms with E-state index in [1.54, 1.807) is 42.5 Å². The number of hydrogen-bond acceptors (Lipinski definition) is 7. The van der Waals surface area contributed by atoms with E-state index in [4.69, 9.17) is 9.47 Å². The Morgan fingerprint density at radius 1 is 0.947 bits per heavy atom. The molecule has 1 aliphatic heterocycles. The molecule has 0 unspecified atom stereocenters. The number of ether oxygens (including phenoxy) is 2. The molecule has 1 aliphatic rings. The van der Waals surface area contributed by atoms with Crippen LogP contribution >= 0.6 is 0 Å². The zero-order valence-electron chi connectivity index (χ0n) is 21.0. The molecule has 3 aromatic carbocycles. The maximum absolute atomic E-state index is 13.5. The summed E-state index contributed by atoms with van der Waals surface area (Å²) in [5, 5.41) is 2.63. The average Bonchev–Trinajstić information content (AvgIpc) is 2.93. The molecule has 0 spiro atoms. The number of sulfonamides is 2. The van der Waals surface area contributed by atoms with Crippen molar-refractivity contribution in [3.8, 4) is 5.75 Å². The molecule has 1 fully saturated rings. The maximum atomic E-state index is 13.5. The van der Waals surface area contributed by atoms with Crippen molar-refractivity contribution >= 4 is 37.3 Å². The Morgan fingerprint density at radius 2 is 1.58 bits per heavy atom. The molecule has 0 bridgehead atoms. The number of nitrogens with one attached hydrogen (secondary N) is 1. The fourth-order valence-electron chi connectivity index (χ4n) is 3.95. The van der Waals surface area contributed by atoms with Gasteiger partial charge in [-0.2, -0.15) is 4.31 Å². The summed E-state index contributed by atoms with van der Waals surface area (Å²) in [4.78, 5) is 13.2. The molecule has 202 valence electrons. The summed E-state index contributed by atoms with van der Waals surface area (Å²) in [6.45, 7) is 2.33. The fourth-order valence-corrected chi connectivity index (χ4v) is 6.80. The fraction of sp³-hybridized carbons (Fsp3) is 0.269. The maximum Gasteiger partial charge on any atom is 0.264 e. The quantitative estimate of drug-likeness (QED) is 0.428. The van der Waals surface area contributed by atoms with Crippen molar-refractivity contribution in [2.75, 3.05) is 49.6 Å². The number of nitrogens with zero attached hydrogens (tertiary/aromatic N) is 2. The molecule has 1 heterocycles. The van der Waals surface area contributed by atoms with Crippen LogP contribution in [-0.2, 0) is 29.6 Å². The summed E-state index contributed by atoms with van der Waals surface area (Å²) in [6.07, 6.45) is 0. The van der Waals surface area contributed by atoms with Gasteiger partial charge in [-0.15, -0.1) is 0 Å². The smallest absolute Gasteiger partial charge is 0.264 e. The van der Waals surface area contributed by atoms with Gasteiger partial charge in [0.05, 0.1) is 41.5 Å². The largest absolute Gasteiger partial charge is 0.495 e. The van der Waals surface area contributed by atoms with E-state index in [1.807, 2.05) is 6.92 Å². The number of morpholine rings is 1. The van der Waals surface area contributed by atoms with Crippen LogP contribution in [0.25, 0.3) is 0 Å². The standard InChI is InChI=1S/C26H29N3O7S2/c1-20-8-10-22(11-9-20)38(33,34)29(21-6-4-3-5-7-21)19-26(30)27-24-18-23(12-13-25(24)35-2)37(31,32)28-14-16-36-17-15-28/h3-13,18H,14-17,19H2,1-2H3,(H,27,30). The lowest BCUT2D eigenvalue weighted by molar-refractivity contribution is -0.114. The van der Waals surface area contributed by atoms with Gasteiger partial charge >= 0.3 is 0 Å². The number of para-hydroxylation sites is 1. The van der Waals surface area contributed by atoms with E-state index in [0.717, 1.165) is 9.87 Å². The van der Waals surface area contributed by atoms with E-state index < -0.39 is 32.5 Å². The highest BCUT2D eigenvalue weighted by molar-refractivity contribution is 7.92. The van der Waals surface area contributed by atoms with E-state index in [1.165, 1.54) is 41.7 Å². The van der Waals surface area contributed by atoms with Crippen molar-refractivity contribution in [1.82, 2.24) is 4.31 Å². The molecule has 38 heavy (non-hydrogen) atoms. The van der Waals surface area contributed by atoms with Gasteiger partial charge < -0.3 is 14.8 Å². The molecule has 3 aromatic rings. The summed E-state index contributed by atoms with van der Waals surface area (Å²) in [5.74, 6) is -0.448. The number of rotatable bonds is 9. The van der Waals surface area contributed by atoms with Gasteiger partial charge in [-0.25, -0.2) is 16.8 Å². The Balaban J connectivity index is 1.63. The first-order chi connectivity index (χ1) is 18.1. The number of aryl methyl sites for hydroxylation is 1. The molecule has 0 radical (unpaired) electrons. The second-order valence-corrected chi connectivity index (χ2v) is 12.4. The number of carbonyl (C=O) groups excluding carboxylic acids is 1. The van der Waals surface area contributed by atoms with Crippen LogP contribution in [0.15, 0.2) is 82.6 Å². The number of methoxy groups -OCH3 is 1. The zero-order valence-corrected chi connectivity index (χ0v) is 22.7. The minimum Gasteiger partial charge on any atom is -0.495 e. The second kappa shape index (κ2) is 11.5. The SMILES string of the molecule is COc1ccc(S(=O)(=O)N2CCOCC2)cc1NC(=O)CN(c1ccccc1)S(=O)(=O)c1ccc(C)cc1. The molecule has 0 aromatic heterocycles. The summed E-state index contributed by atoms with van der Waals surface area (Å²) < 4.78 is 66.2. The van der Waals surface area contributed by atoms with Gasteiger partial charge in [-0.1, -0.05) is 35.9 Å². The molecule has 0 saturated carbocycles. The van der Waals surface area contributed by atoms with Crippen LogP contribution in [0.1, 0.15) is 5.56 Å². The summed E-state index contributed by atoms with van der Waals surface area (Å²) in [7, 11) is -6.54. The van der Waals surface area contributed by atoms with Gasteiger partial charge in [0, 0.05) is 13.1 Å². The number of carbonyl (C=O) groups is 1. The van der Waals surface area contributed by atoms with Crippen LogP contribution in [0.5, 0.6) is 5.75 Å². The first-order valence-corrected chi connectivity index (χ1v) is 14.7. The van der Waals surface area contributed by atoms with Crippen LogP contribution in [0, 0.1) is 6.92 Å². The molecule has 4 rings (SSSR count). The summed E-state index contributed by atoms with van der Waals surface area (Å²) in [5.41, 5.74) is 1.30. The van der Waals surface area contributed by atoms with Gasteiger partial charge in [0.15, 0.2) is 0 Å². The second-order valence-electron chi connectivity index (χ2n) is 8.59. The van der Waals surface area contributed by atoms with Gasteiger partial charge in [0.25, 0.3) is 10.0 Å². The van der Waals surface area contributed by atoms with E-state index in [2.05, 4.69) is 5.32 Å². The Bertz CT molecular complexity index is 1490. The lowest BCUT2D eigenvalue weighted by Crippen LogP contribution is -2.40. The van der Waals surface area contributed by atoms with Crippen LogP contribution < -0.4 is 14.4 Å². The normalized spacial score (nSPS) is 14.6. The number of hydrogen-bond donors (Lipinski definition) is 1. The third kappa shape index (κ3) is 5.99. The first-order valence-electron chi connectivity index (χ1n) is 11.8. The minimum atomic E-state index is -4.09. The molecule has 12 heteroatoms. The summed E-state index contributed by atoms with van der Waals surface area (Å²) >= 11 is 0. The Hall–Kier alpha value is -3.45. The van der Waals surface area contributed by atoms with Gasteiger partial charge in [-0.05, 0) is 49.4 Å². The Morgan fingerprint density at radius 3 is 2.21 bits per heavy atom. The van der Waals surface area contributed by atoms with E-state index in [0.29, 0.717) is 18.9 Å². The third-order valence-corrected chi connectivity index (χ3v) is 9.68. The van der Waals surface area contributed by atoms with Crippen molar-refractivity contribution in [3.63, 3.8) is 0 Å². The molecule has 1 N–H and O–H groups in total. The van der Waals surface area contributed by atoms with Crippen molar-refractivity contribution in [2.45, 2.75) is 16.7 Å². The van der Waals surface area contributed by atoms with Crippen LogP contribution in [-0.4, -0.2) is 67.0 Å². The van der Waals surface area contributed by atoms with Crippen LogP contribution in [0.2, 0.25) is 0 Å². The molecule has 10 nitrogen and oxygen atoms in total. The zero-order chi connectivity index (χ0) is 27.3. The lowest BCUT2D eigenvalue weighted by Gasteiger charge is -2.26. The third-order valence-electron chi connectivity index (χ3n) is 5.99. The molecule has 0 atom stereocenters. The Labute approximate surface area is 222 Å². The van der Waals surface area contributed by atoms with Crippen LogP contribution in [0.3, 0.4) is 0 Å². The predicted octanol–water partition coefficient (Wildman–Crippen LogP) is 2.86. The minimum absolute atomic E-state index is 0.0253. The van der Waals surface area contributed by atoms with Crippen molar-refractivity contribution in [3.05, 3.63) is 78.4 Å². The molecule has 1 amide bonds. The van der Waals surface area contributed by atoms with Crippen molar-refractivity contribution in [1.29, 1.82) is 0 Å². The number of amides is 1. The van der Waals surface area contributed by atoms with E-state index in [9.17, 15) is 21.6 Å². The van der Waals surface area contributed by atoms with Gasteiger partial charge in [0.1, 0.15) is 12.3 Å². The molecule has 0 aliphatic carbocycles. The average molecular weight is 560 g/mol. The lowest BCUT2D eigenvalue weighted by atomic mass is 10.2. The molecule has 1 saturated heterocycles. The highest BCUT2D eigenvalue weighted by Gasteiger charge is 2.29. The van der Waals surface area contributed by atoms with Crippen LogP contribution in [0.4, 0.5) is 11.4 Å². The van der Waals surface area contributed by atoms with Gasteiger partial charge in [0.2, 0.25) is 15.9 Å². The monoisotopic (exact) mass is 559 g/mol. The Kier molecular flexibility index (Phi) is 8.36. The first kappa shape index (κ1) is 27.6. The van der Waals surface area contributed by atoms with E-state index >= 15 is 0 Å². The van der Waals surface area contributed by atoms with Crippen molar-refractivity contribution in [2.24, 2.45) is 0 Å². The molecular formula is C26H29N3O7S2. The predicted molar refractivity (Wildman–Crippen MR) is 143 cm³/mol. The number of benzene rings is 3. The summed E-state index contributed by atoms with van der Waals surface area (Å²) in [6, 6.07) is 18.8. The van der Waals surface area contributed by atoms with Gasteiger partial charge in [-0.3, -0.25) is 9.10 Å². The van der Waals surface area contributed by atoms with E-state index in [-0.39, 0.29) is 34.3 Å². The topological polar surface area (TPSA) is 122 Å². The number of anilines is 2.